The van der Waals surface area contributed by atoms with Crippen molar-refractivity contribution in [3.63, 3.8) is 0 Å². The summed E-state index contributed by atoms with van der Waals surface area (Å²) in [6.07, 6.45) is 0.486. The van der Waals surface area contributed by atoms with Crippen LogP contribution in [0.25, 0.3) is 11.1 Å². The highest BCUT2D eigenvalue weighted by Gasteiger charge is 2.22. The molecule has 1 aliphatic rings. The molecule has 0 spiro atoms. The third-order valence-electron chi connectivity index (χ3n) is 4.24. The van der Waals surface area contributed by atoms with Crippen LogP contribution in [0.3, 0.4) is 0 Å². The molecule has 4 heteroatoms. The zero-order valence-corrected chi connectivity index (χ0v) is 14.2. The monoisotopic (exact) mass is 330 g/mol. The minimum atomic E-state index is 0. The van der Waals surface area contributed by atoms with E-state index in [1.54, 1.807) is 0 Å². The van der Waals surface area contributed by atoms with Crippen LogP contribution in [0.15, 0.2) is 54.6 Å². The van der Waals surface area contributed by atoms with Gasteiger partial charge in [-0.15, -0.1) is 12.4 Å². The first-order valence-electron chi connectivity index (χ1n) is 7.88. The third kappa shape index (κ3) is 4.34. The lowest BCUT2D eigenvalue weighted by Gasteiger charge is -2.34. The number of benzene rings is 2. The Morgan fingerprint density at radius 3 is 2.39 bits per heavy atom. The maximum absolute atomic E-state index is 12.4. The lowest BCUT2D eigenvalue weighted by atomic mass is 10.0. The average molecular weight is 331 g/mol. The summed E-state index contributed by atoms with van der Waals surface area (Å²) in [6, 6.07) is 18.9. The highest BCUT2D eigenvalue weighted by Crippen LogP contribution is 2.19. The van der Waals surface area contributed by atoms with Gasteiger partial charge in [0.15, 0.2) is 0 Å². The molecule has 23 heavy (non-hydrogen) atoms. The lowest BCUT2D eigenvalue weighted by Crippen LogP contribution is -2.52. The molecular formula is C19H23ClN2O. The van der Waals surface area contributed by atoms with Gasteiger partial charge in [0.05, 0.1) is 6.42 Å². The molecule has 0 saturated carbocycles. The van der Waals surface area contributed by atoms with Crippen LogP contribution in [0, 0.1) is 0 Å². The first-order valence-corrected chi connectivity index (χ1v) is 7.88. The molecule has 1 heterocycles. The van der Waals surface area contributed by atoms with E-state index in [0.29, 0.717) is 6.42 Å². The zero-order chi connectivity index (χ0) is 15.4. The van der Waals surface area contributed by atoms with Crippen molar-refractivity contribution in [2.24, 2.45) is 0 Å². The number of nitrogens with one attached hydrogen (secondary N) is 1. The van der Waals surface area contributed by atoms with Gasteiger partial charge >= 0.3 is 0 Å². The molecule has 0 aliphatic carbocycles. The van der Waals surface area contributed by atoms with Gasteiger partial charge in [-0.1, -0.05) is 54.6 Å². The average Bonchev–Trinajstić information content (AvgIpc) is 2.57. The van der Waals surface area contributed by atoms with Crippen LogP contribution in [-0.2, 0) is 11.2 Å². The van der Waals surface area contributed by atoms with Crippen LogP contribution in [0.2, 0.25) is 0 Å². The summed E-state index contributed by atoms with van der Waals surface area (Å²) in [5.41, 5.74) is 3.47. The summed E-state index contributed by atoms with van der Waals surface area (Å²) in [7, 11) is 0. The Morgan fingerprint density at radius 1 is 1.09 bits per heavy atom. The van der Waals surface area contributed by atoms with E-state index in [2.05, 4.69) is 48.6 Å². The largest absolute Gasteiger partial charge is 0.337 e. The second kappa shape index (κ2) is 8.14. The molecule has 122 valence electrons. The Kier molecular flexibility index (Phi) is 6.20. The summed E-state index contributed by atoms with van der Waals surface area (Å²) >= 11 is 0. The number of amides is 1. The van der Waals surface area contributed by atoms with Gasteiger partial charge < -0.3 is 10.2 Å². The molecule has 0 bridgehead atoms. The van der Waals surface area contributed by atoms with E-state index < -0.39 is 0 Å². The topological polar surface area (TPSA) is 32.3 Å². The van der Waals surface area contributed by atoms with Crippen molar-refractivity contribution >= 4 is 18.3 Å². The fraction of sp³-hybridized carbons (Fsp3) is 0.316. The second-order valence-corrected chi connectivity index (χ2v) is 5.88. The Labute approximate surface area is 144 Å². The second-order valence-electron chi connectivity index (χ2n) is 5.88. The van der Waals surface area contributed by atoms with Gasteiger partial charge in [-0.25, -0.2) is 0 Å². The SMILES string of the molecule is C[C@@H]1CNCCN1C(=O)Cc1ccc(-c2ccccc2)cc1.Cl. The van der Waals surface area contributed by atoms with Gasteiger partial charge in [-0.05, 0) is 23.6 Å². The molecule has 0 aromatic heterocycles. The summed E-state index contributed by atoms with van der Waals surface area (Å²) < 4.78 is 0. The zero-order valence-electron chi connectivity index (χ0n) is 13.4. The highest BCUT2D eigenvalue weighted by atomic mass is 35.5. The summed E-state index contributed by atoms with van der Waals surface area (Å²) in [5.74, 6) is 0.224. The van der Waals surface area contributed by atoms with Crippen LogP contribution in [0.1, 0.15) is 12.5 Å². The van der Waals surface area contributed by atoms with Crippen molar-refractivity contribution in [2.45, 2.75) is 19.4 Å². The standard InChI is InChI=1S/C19H22N2O.ClH/c1-15-14-20-11-12-21(15)19(22)13-16-7-9-18(10-8-16)17-5-3-2-4-6-17;/h2-10,15,20H,11-14H2,1H3;1H/t15-;/m1./s1. The van der Waals surface area contributed by atoms with Gasteiger partial charge in [0.25, 0.3) is 0 Å². The molecule has 1 amide bonds. The van der Waals surface area contributed by atoms with E-state index in [4.69, 9.17) is 0 Å². The summed E-state index contributed by atoms with van der Waals surface area (Å²) in [5, 5.41) is 3.31. The van der Waals surface area contributed by atoms with Crippen molar-refractivity contribution in [1.82, 2.24) is 10.2 Å². The molecule has 0 radical (unpaired) electrons. The normalized spacial score (nSPS) is 17.4. The van der Waals surface area contributed by atoms with Crippen LogP contribution < -0.4 is 5.32 Å². The first-order chi connectivity index (χ1) is 10.7. The Balaban J connectivity index is 0.00000192. The van der Waals surface area contributed by atoms with Crippen molar-refractivity contribution < 1.29 is 4.79 Å². The Bertz CT molecular complexity index is 628. The third-order valence-corrected chi connectivity index (χ3v) is 4.24. The molecule has 1 fully saturated rings. The molecule has 0 unspecified atom stereocenters. The lowest BCUT2D eigenvalue weighted by molar-refractivity contribution is -0.133. The van der Waals surface area contributed by atoms with E-state index >= 15 is 0 Å². The van der Waals surface area contributed by atoms with Gasteiger partial charge in [0.2, 0.25) is 5.91 Å². The fourth-order valence-electron chi connectivity index (χ4n) is 2.93. The van der Waals surface area contributed by atoms with Crippen LogP contribution in [-0.4, -0.2) is 36.5 Å². The van der Waals surface area contributed by atoms with Gasteiger partial charge in [-0.2, -0.15) is 0 Å². The fourth-order valence-corrected chi connectivity index (χ4v) is 2.93. The predicted octanol–water partition coefficient (Wildman–Crippen LogP) is 3.14. The van der Waals surface area contributed by atoms with Gasteiger partial charge in [0.1, 0.15) is 0 Å². The van der Waals surface area contributed by atoms with E-state index in [1.807, 2.05) is 23.1 Å². The number of piperazine rings is 1. The molecule has 3 nitrogen and oxygen atoms in total. The first kappa shape index (κ1) is 17.5. The molecule has 1 aliphatic heterocycles. The number of nitrogens with zero attached hydrogens (tertiary/aromatic N) is 1. The molecule has 1 N–H and O–H groups in total. The smallest absolute Gasteiger partial charge is 0.227 e. The van der Waals surface area contributed by atoms with E-state index in [9.17, 15) is 4.79 Å². The minimum Gasteiger partial charge on any atom is -0.337 e. The number of hydrogen-bond acceptors (Lipinski definition) is 2. The maximum atomic E-state index is 12.4. The molecule has 1 saturated heterocycles. The van der Waals surface area contributed by atoms with Crippen molar-refractivity contribution in [1.29, 1.82) is 0 Å². The van der Waals surface area contributed by atoms with Crippen LogP contribution in [0.5, 0.6) is 0 Å². The van der Waals surface area contributed by atoms with Crippen LogP contribution >= 0.6 is 12.4 Å². The van der Waals surface area contributed by atoms with Crippen molar-refractivity contribution in [3.05, 3.63) is 60.2 Å². The summed E-state index contributed by atoms with van der Waals surface area (Å²) in [4.78, 5) is 14.4. The molecule has 1 atom stereocenters. The van der Waals surface area contributed by atoms with E-state index in [1.165, 1.54) is 11.1 Å². The minimum absolute atomic E-state index is 0. The van der Waals surface area contributed by atoms with E-state index in [0.717, 1.165) is 25.2 Å². The molecule has 2 aromatic rings. The number of hydrogen-bond donors (Lipinski definition) is 1. The Morgan fingerprint density at radius 2 is 1.74 bits per heavy atom. The quantitative estimate of drug-likeness (QED) is 0.937. The predicted molar refractivity (Wildman–Crippen MR) is 96.9 cm³/mol. The van der Waals surface area contributed by atoms with Gasteiger partial charge in [-0.3, -0.25) is 4.79 Å². The highest BCUT2D eigenvalue weighted by molar-refractivity contribution is 5.85. The van der Waals surface area contributed by atoms with Gasteiger partial charge in [0, 0.05) is 25.7 Å². The number of carbonyl (C=O) groups excluding carboxylic acids is 1. The van der Waals surface area contributed by atoms with E-state index in [-0.39, 0.29) is 24.4 Å². The van der Waals surface area contributed by atoms with Crippen LogP contribution in [0.4, 0.5) is 0 Å². The number of carbonyl (C=O) groups is 1. The molecule has 3 rings (SSSR count). The number of rotatable bonds is 3. The van der Waals surface area contributed by atoms with Crippen molar-refractivity contribution in [2.75, 3.05) is 19.6 Å². The maximum Gasteiger partial charge on any atom is 0.227 e. The van der Waals surface area contributed by atoms with Crippen molar-refractivity contribution in [3.8, 4) is 11.1 Å². The Hall–Kier alpha value is -1.84. The molecular weight excluding hydrogens is 308 g/mol. The number of halogens is 1. The molecule has 2 aromatic carbocycles. The summed E-state index contributed by atoms with van der Waals surface area (Å²) in [6.45, 7) is 4.69.